The van der Waals surface area contributed by atoms with E-state index in [0.717, 1.165) is 60.1 Å². The Morgan fingerprint density at radius 1 is 0.378 bits per heavy atom. The maximum absolute atomic E-state index is 8.77. The first-order chi connectivity index (χ1) is 24.4. The molecule has 1 aromatic heterocycles. The lowest BCUT2D eigenvalue weighted by molar-refractivity contribution is 0.670. The predicted molar refractivity (Wildman–Crippen MR) is 190 cm³/mol. The normalized spacial score (nSPS) is 13.1. The van der Waals surface area contributed by atoms with Gasteiger partial charge in [-0.3, -0.25) is 0 Å². The lowest BCUT2D eigenvalue weighted by Crippen LogP contribution is -1.92. The highest BCUT2D eigenvalue weighted by Crippen LogP contribution is 2.48. The van der Waals surface area contributed by atoms with Crippen LogP contribution in [0.15, 0.2) is 174 Å². The monoisotopic (exact) mass is 577 g/mol. The summed E-state index contributed by atoms with van der Waals surface area (Å²) in [5, 5.41) is 6.11. The fraction of sp³-hybridized carbons (Fsp3) is 0. The van der Waals surface area contributed by atoms with Crippen LogP contribution in [0.2, 0.25) is 0 Å². The lowest BCUT2D eigenvalue weighted by atomic mass is 9.84. The van der Waals surface area contributed by atoms with Gasteiger partial charge >= 0.3 is 0 Å². The first-order valence-corrected chi connectivity index (χ1v) is 15.0. The number of benzene rings is 8. The van der Waals surface area contributed by atoms with Crippen LogP contribution in [-0.2, 0) is 0 Å². The van der Waals surface area contributed by atoms with E-state index in [-0.39, 0.29) is 29.7 Å². The topological polar surface area (TPSA) is 13.1 Å². The molecule has 1 heteroatoms. The number of para-hydroxylation sites is 1. The van der Waals surface area contributed by atoms with Crippen LogP contribution in [-0.4, -0.2) is 0 Å². The number of fused-ring (bicyclic) bond motifs is 5. The highest BCUT2D eigenvalue weighted by molar-refractivity contribution is 6.26. The zero-order valence-electron chi connectivity index (χ0n) is 29.2. The summed E-state index contributed by atoms with van der Waals surface area (Å²) in [5.74, 6) is 0. The summed E-state index contributed by atoms with van der Waals surface area (Å²) >= 11 is 0. The van der Waals surface area contributed by atoms with E-state index in [0.29, 0.717) is 16.7 Å². The minimum absolute atomic E-state index is 0.121. The van der Waals surface area contributed by atoms with Gasteiger partial charge in [0.25, 0.3) is 0 Å². The van der Waals surface area contributed by atoms with E-state index in [2.05, 4.69) is 97.1 Å². The van der Waals surface area contributed by atoms with Crippen LogP contribution >= 0.6 is 0 Å². The summed E-state index contributed by atoms with van der Waals surface area (Å²) in [5.41, 5.74) is 8.33. The van der Waals surface area contributed by atoms with Crippen LogP contribution in [0.3, 0.4) is 0 Å². The van der Waals surface area contributed by atoms with Gasteiger partial charge in [0.2, 0.25) is 0 Å². The molecule has 0 spiro atoms. The average Bonchev–Trinajstić information content (AvgIpc) is 3.56. The molecular weight excluding hydrogens is 544 g/mol. The SMILES string of the molecule is [2H]c1c([2H])c([2H])c(-c2ccc(-c3c4ccccc4c(-c4ccc(-c5ccccc5)cc4)c4ccccc34)c3c2oc2ccccc23)c([2H])c1[2H]. The Morgan fingerprint density at radius 3 is 1.56 bits per heavy atom. The fourth-order valence-corrected chi connectivity index (χ4v) is 6.81. The Morgan fingerprint density at radius 2 is 0.889 bits per heavy atom. The largest absolute Gasteiger partial charge is 0.455 e. The molecule has 9 rings (SSSR count). The van der Waals surface area contributed by atoms with Gasteiger partial charge in [0, 0.05) is 16.3 Å². The molecule has 0 N–H and O–H groups in total. The van der Waals surface area contributed by atoms with Crippen molar-refractivity contribution in [3.63, 3.8) is 0 Å². The molecular formula is C44H28O. The van der Waals surface area contributed by atoms with Crippen molar-refractivity contribution in [3.8, 4) is 44.5 Å². The third kappa shape index (κ3) is 4.09. The summed E-state index contributed by atoms with van der Waals surface area (Å²) in [4.78, 5) is 0. The van der Waals surface area contributed by atoms with Crippen molar-refractivity contribution in [2.75, 3.05) is 0 Å². The molecule has 210 valence electrons. The zero-order valence-corrected chi connectivity index (χ0v) is 24.2. The predicted octanol–water partition coefficient (Wildman–Crippen LogP) is 12.6. The molecule has 1 nitrogen and oxygen atoms in total. The van der Waals surface area contributed by atoms with Gasteiger partial charge in [0.1, 0.15) is 11.2 Å². The Labute approximate surface area is 268 Å². The van der Waals surface area contributed by atoms with Crippen molar-refractivity contribution in [1.29, 1.82) is 0 Å². The van der Waals surface area contributed by atoms with E-state index < -0.39 is 6.04 Å². The van der Waals surface area contributed by atoms with E-state index in [1.165, 1.54) is 5.56 Å². The summed E-state index contributed by atoms with van der Waals surface area (Å²) in [6.45, 7) is 0. The lowest BCUT2D eigenvalue weighted by Gasteiger charge is -2.19. The number of rotatable bonds is 4. The van der Waals surface area contributed by atoms with Crippen LogP contribution in [0.4, 0.5) is 0 Å². The van der Waals surface area contributed by atoms with Gasteiger partial charge < -0.3 is 4.42 Å². The Bertz CT molecular complexity index is 2720. The molecule has 0 radical (unpaired) electrons. The van der Waals surface area contributed by atoms with Gasteiger partial charge in [0.15, 0.2) is 0 Å². The van der Waals surface area contributed by atoms with Crippen molar-refractivity contribution in [2.24, 2.45) is 0 Å². The first-order valence-electron chi connectivity index (χ1n) is 17.5. The number of hydrogen-bond acceptors (Lipinski definition) is 1. The Kier molecular flexibility index (Phi) is 4.81. The minimum atomic E-state index is -0.422. The van der Waals surface area contributed by atoms with E-state index in [1.807, 2.05) is 42.5 Å². The maximum atomic E-state index is 8.77. The van der Waals surface area contributed by atoms with Crippen molar-refractivity contribution >= 4 is 43.5 Å². The molecule has 0 aliphatic heterocycles. The highest BCUT2D eigenvalue weighted by Gasteiger charge is 2.22. The van der Waals surface area contributed by atoms with Gasteiger partial charge in [-0.05, 0) is 72.6 Å². The first kappa shape index (κ1) is 20.9. The minimum Gasteiger partial charge on any atom is -0.455 e. The molecule has 8 aromatic carbocycles. The van der Waals surface area contributed by atoms with Crippen molar-refractivity contribution in [2.45, 2.75) is 0 Å². The molecule has 0 atom stereocenters. The molecule has 45 heavy (non-hydrogen) atoms. The molecule has 0 amide bonds. The van der Waals surface area contributed by atoms with Gasteiger partial charge in [-0.15, -0.1) is 0 Å². The third-order valence-electron chi connectivity index (χ3n) is 8.78. The van der Waals surface area contributed by atoms with Crippen LogP contribution < -0.4 is 0 Å². The van der Waals surface area contributed by atoms with Crippen LogP contribution in [0, 0.1) is 0 Å². The zero-order chi connectivity index (χ0) is 34.1. The van der Waals surface area contributed by atoms with Crippen molar-refractivity contribution < 1.29 is 11.3 Å². The molecule has 0 saturated heterocycles. The molecule has 0 aliphatic rings. The molecule has 0 fully saturated rings. The second-order valence-electron chi connectivity index (χ2n) is 11.2. The summed E-state index contributed by atoms with van der Waals surface area (Å²) in [7, 11) is 0. The fourth-order valence-electron chi connectivity index (χ4n) is 6.81. The van der Waals surface area contributed by atoms with E-state index in [9.17, 15) is 0 Å². The summed E-state index contributed by atoms with van der Waals surface area (Å²) in [6.07, 6.45) is 0. The van der Waals surface area contributed by atoms with Crippen molar-refractivity contribution in [1.82, 2.24) is 0 Å². The standard InChI is InChI=1S/C44H28O/c1-3-13-29(14-4-1)30-23-25-32(26-24-30)41-34-17-7-9-19-36(34)42(37-20-10-8-18-35(37)41)39-28-27-33(31-15-5-2-6-16-31)44-43(39)38-21-11-12-22-40(38)45-44/h1-28H/i2D,5D,6D,15D,16D. The molecule has 0 saturated carbocycles. The van der Waals surface area contributed by atoms with Gasteiger partial charge in [-0.1, -0.05) is 158 Å². The van der Waals surface area contributed by atoms with Crippen LogP contribution in [0.25, 0.3) is 88.0 Å². The van der Waals surface area contributed by atoms with E-state index in [1.54, 1.807) is 0 Å². The quantitative estimate of drug-likeness (QED) is 0.190. The molecule has 0 bridgehead atoms. The summed E-state index contributed by atoms with van der Waals surface area (Å²) < 4.78 is 49.0. The maximum Gasteiger partial charge on any atom is 0.143 e. The van der Waals surface area contributed by atoms with Gasteiger partial charge in [-0.25, -0.2) is 0 Å². The highest BCUT2D eigenvalue weighted by atomic mass is 16.3. The number of furan rings is 1. The van der Waals surface area contributed by atoms with Crippen LogP contribution in [0.5, 0.6) is 0 Å². The van der Waals surface area contributed by atoms with E-state index >= 15 is 0 Å². The Hall–Kier alpha value is -5.92. The Balaban J connectivity index is 1.36. The smallest absolute Gasteiger partial charge is 0.143 e. The average molecular weight is 578 g/mol. The second-order valence-corrected chi connectivity index (χ2v) is 11.2. The molecule has 9 aromatic rings. The summed E-state index contributed by atoms with van der Waals surface area (Å²) in [6, 6.07) is 46.1. The van der Waals surface area contributed by atoms with Crippen LogP contribution in [0.1, 0.15) is 6.85 Å². The van der Waals surface area contributed by atoms with E-state index in [4.69, 9.17) is 11.3 Å². The molecule has 0 unspecified atom stereocenters. The third-order valence-corrected chi connectivity index (χ3v) is 8.78. The van der Waals surface area contributed by atoms with Crippen molar-refractivity contribution in [3.05, 3.63) is 170 Å². The molecule has 0 aliphatic carbocycles. The molecule has 1 heterocycles. The van der Waals surface area contributed by atoms with Gasteiger partial charge in [-0.2, -0.15) is 0 Å². The number of hydrogen-bond donors (Lipinski definition) is 0. The second kappa shape index (κ2) is 10.4. The van der Waals surface area contributed by atoms with Gasteiger partial charge in [0.05, 0.1) is 6.85 Å².